The highest BCUT2D eigenvalue weighted by molar-refractivity contribution is 8.26. The largest absolute Gasteiger partial charge is 0.293 e. The molecule has 1 fully saturated rings. The van der Waals surface area contributed by atoms with Crippen molar-refractivity contribution in [2.24, 2.45) is 5.92 Å². The van der Waals surface area contributed by atoms with E-state index in [1.54, 1.807) is 29.2 Å². The number of nitrogens with zero attached hydrogens (tertiary/aromatic N) is 1. The van der Waals surface area contributed by atoms with Gasteiger partial charge in [0.1, 0.15) is 4.32 Å². The third-order valence-corrected chi connectivity index (χ3v) is 4.73. The minimum absolute atomic E-state index is 0.0790. The zero-order chi connectivity index (χ0) is 14.9. The number of benzene rings is 1. The number of hydrogen-bond donors (Lipinski definition) is 0. The Balaban J connectivity index is 2.33. The predicted octanol–water partition coefficient (Wildman–Crippen LogP) is 4.85. The zero-order valence-corrected chi connectivity index (χ0v) is 14.2. The van der Waals surface area contributed by atoms with Crippen LogP contribution in [0.15, 0.2) is 23.1 Å². The molecule has 106 valence electrons. The van der Waals surface area contributed by atoms with Crippen LogP contribution in [0.2, 0.25) is 10.0 Å². The Kier molecular flexibility index (Phi) is 5.13. The van der Waals surface area contributed by atoms with E-state index in [4.69, 9.17) is 35.4 Å². The lowest BCUT2D eigenvalue weighted by atomic mass is 10.2. The minimum Gasteiger partial charge on any atom is -0.293 e. The van der Waals surface area contributed by atoms with E-state index in [2.05, 4.69) is 0 Å². The summed E-state index contributed by atoms with van der Waals surface area (Å²) < 4.78 is 0.582. The van der Waals surface area contributed by atoms with Crippen molar-refractivity contribution >= 4 is 63.5 Å². The van der Waals surface area contributed by atoms with Gasteiger partial charge in [-0.05, 0) is 24.1 Å². The molecule has 0 saturated carbocycles. The van der Waals surface area contributed by atoms with Crippen molar-refractivity contribution in [3.63, 3.8) is 0 Å². The Hall–Kier alpha value is -0.550. The molecule has 0 atom stereocenters. The average Bonchev–Trinajstić information content (AvgIpc) is 2.61. The highest BCUT2D eigenvalue weighted by Crippen LogP contribution is 2.35. The minimum atomic E-state index is -0.0790. The SMILES string of the molecule is CC(C)CN1C(=O)C(=Cc2c(Cl)cccc2Cl)SC1=S. The fourth-order valence-corrected chi connectivity index (χ4v) is 3.57. The Bertz CT molecular complexity index is 579. The molecule has 1 aliphatic rings. The summed E-state index contributed by atoms with van der Waals surface area (Å²) >= 11 is 18.8. The van der Waals surface area contributed by atoms with Crippen LogP contribution in [0, 0.1) is 5.92 Å². The molecule has 20 heavy (non-hydrogen) atoms. The molecule has 1 amide bonds. The van der Waals surface area contributed by atoms with Gasteiger partial charge in [-0.2, -0.15) is 0 Å². The molecule has 0 N–H and O–H groups in total. The van der Waals surface area contributed by atoms with Crippen LogP contribution >= 0.6 is 47.2 Å². The monoisotopic (exact) mass is 345 g/mol. The number of hydrogen-bond acceptors (Lipinski definition) is 3. The van der Waals surface area contributed by atoms with Gasteiger partial charge in [0, 0.05) is 22.2 Å². The first-order chi connectivity index (χ1) is 9.40. The van der Waals surface area contributed by atoms with Gasteiger partial charge in [-0.3, -0.25) is 9.69 Å². The average molecular weight is 346 g/mol. The summed E-state index contributed by atoms with van der Waals surface area (Å²) in [5.74, 6) is 0.283. The van der Waals surface area contributed by atoms with Gasteiger partial charge in [0.25, 0.3) is 5.91 Å². The molecule has 0 aliphatic carbocycles. The van der Waals surface area contributed by atoms with Crippen LogP contribution in [0.25, 0.3) is 6.08 Å². The van der Waals surface area contributed by atoms with Crippen LogP contribution in [0.5, 0.6) is 0 Å². The zero-order valence-electron chi connectivity index (χ0n) is 11.0. The molecule has 1 saturated heterocycles. The standard InChI is InChI=1S/C14H13Cl2NOS2/c1-8(2)7-17-13(18)12(20-14(17)19)6-9-10(15)4-3-5-11(9)16/h3-6,8H,7H2,1-2H3. The Morgan fingerprint density at radius 1 is 1.35 bits per heavy atom. The third-order valence-electron chi connectivity index (χ3n) is 2.70. The first-order valence-corrected chi connectivity index (χ1v) is 8.07. The van der Waals surface area contributed by atoms with Gasteiger partial charge in [-0.1, -0.05) is 67.1 Å². The molecule has 2 nitrogen and oxygen atoms in total. The fourth-order valence-electron chi connectivity index (χ4n) is 1.80. The summed E-state index contributed by atoms with van der Waals surface area (Å²) in [6, 6.07) is 5.26. The molecule has 1 aromatic carbocycles. The van der Waals surface area contributed by atoms with Gasteiger partial charge in [-0.15, -0.1) is 0 Å². The summed E-state index contributed by atoms with van der Waals surface area (Å²) in [5, 5.41) is 1.04. The van der Waals surface area contributed by atoms with E-state index in [0.29, 0.717) is 37.3 Å². The number of thiocarbonyl (C=S) groups is 1. The first-order valence-electron chi connectivity index (χ1n) is 6.09. The van der Waals surface area contributed by atoms with Crippen molar-refractivity contribution < 1.29 is 4.79 Å². The molecule has 1 aromatic rings. The second-order valence-corrected chi connectivity index (χ2v) is 7.31. The quantitative estimate of drug-likeness (QED) is 0.576. The molecule has 0 spiro atoms. The van der Waals surface area contributed by atoms with E-state index in [-0.39, 0.29) is 5.91 Å². The molecule has 0 bridgehead atoms. The molecule has 2 rings (SSSR count). The molecule has 0 unspecified atom stereocenters. The maximum absolute atomic E-state index is 12.3. The van der Waals surface area contributed by atoms with Crippen molar-refractivity contribution in [3.05, 3.63) is 38.7 Å². The van der Waals surface area contributed by atoms with Gasteiger partial charge < -0.3 is 0 Å². The second-order valence-electron chi connectivity index (χ2n) is 4.82. The van der Waals surface area contributed by atoms with Crippen LogP contribution < -0.4 is 0 Å². The predicted molar refractivity (Wildman–Crippen MR) is 91.2 cm³/mol. The first kappa shape index (κ1) is 15.8. The van der Waals surface area contributed by atoms with E-state index < -0.39 is 0 Å². The molecule has 0 aromatic heterocycles. The van der Waals surface area contributed by atoms with Crippen molar-refractivity contribution in [2.75, 3.05) is 6.54 Å². The third kappa shape index (κ3) is 3.37. The van der Waals surface area contributed by atoms with Crippen LogP contribution in [-0.4, -0.2) is 21.7 Å². The number of thioether (sulfide) groups is 1. The van der Waals surface area contributed by atoms with Crippen molar-refractivity contribution in [2.45, 2.75) is 13.8 Å². The lowest BCUT2D eigenvalue weighted by Crippen LogP contribution is -2.31. The van der Waals surface area contributed by atoms with Crippen molar-refractivity contribution in [3.8, 4) is 0 Å². The van der Waals surface area contributed by atoms with Crippen LogP contribution in [0.3, 0.4) is 0 Å². The summed E-state index contributed by atoms with van der Waals surface area (Å²) in [6.45, 7) is 4.72. The van der Waals surface area contributed by atoms with Crippen LogP contribution in [-0.2, 0) is 4.79 Å². The topological polar surface area (TPSA) is 20.3 Å². The summed E-state index contributed by atoms with van der Waals surface area (Å²) in [7, 11) is 0. The molecular weight excluding hydrogens is 333 g/mol. The maximum atomic E-state index is 12.3. The van der Waals surface area contributed by atoms with Gasteiger partial charge in [0.2, 0.25) is 0 Å². The lowest BCUT2D eigenvalue weighted by molar-refractivity contribution is -0.122. The molecule has 0 radical (unpaired) electrons. The lowest BCUT2D eigenvalue weighted by Gasteiger charge is -2.16. The Morgan fingerprint density at radius 3 is 2.50 bits per heavy atom. The van der Waals surface area contributed by atoms with E-state index in [1.165, 1.54) is 11.8 Å². The van der Waals surface area contributed by atoms with Crippen LogP contribution in [0.1, 0.15) is 19.4 Å². The summed E-state index contributed by atoms with van der Waals surface area (Å²) in [6.07, 6.45) is 1.71. The number of amides is 1. The van der Waals surface area contributed by atoms with Crippen molar-refractivity contribution in [1.29, 1.82) is 0 Å². The number of carbonyl (C=O) groups is 1. The Morgan fingerprint density at radius 2 is 1.95 bits per heavy atom. The highest BCUT2D eigenvalue weighted by Gasteiger charge is 2.32. The molecule has 1 aliphatic heterocycles. The second kappa shape index (κ2) is 6.48. The van der Waals surface area contributed by atoms with E-state index in [1.807, 2.05) is 13.8 Å². The number of halogens is 2. The molecular formula is C14H13Cl2NOS2. The smallest absolute Gasteiger partial charge is 0.266 e. The maximum Gasteiger partial charge on any atom is 0.266 e. The molecule has 6 heteroatoms. The van der Waals surface area contributed by atoms with Crippen LogP contribution in [0.4, 0.5) is 0 Å². The van der Waals surface area contributed by atoms with Crippen molar-refractivity contribution in [1.82, 2.24) is 4.90 Å². The van der Waals surface area contributed by atoms with E-state index >= 15 is 0 Å². The van der Waals surface area contributed by atoms with E-state index in [0.717, 1.165) is 0 Å². The fraction of sp³-hybridized carbons (Fsp3) is 0.286. The van der Waals surface area contributed by atoms with Gasteiger partial charge in [0.15, 0.2) is 0 Å². The summed E-state index contributed by atoms with van der Waals surface area (Å²) in [4.78, 5) is 14.5. The van der Waals surface area contributed by atoms with Gasteiger partial charge >= 0.3 is 0 Å². The Labute approximate surface area is 138 Å². The van der Waals surface area contributed by atoms with Gasteiger partial charge in [-0.25, -0.2) is 0 Å². The molecule has 1 heterocycles. The summed E-state index contributed by atoms with van der Waals surface area (Å²) in [5.41, 5.74) is 0.654. The van der Waals surface area contributed by atoms with E-state index in [9.17, 15) is 4.79 Å². The normalized spacial score (nSPS) is 17.6. The highest BCUT2D eigenvalue weighted by atomic mass is 35.5. The number of rotatable bonds is 3. The number of carbonyl (C=O) groups excluding carboxylic acids is 1. The van der Waals surface area contributed by atoms with Gasteiger partial charge in [0.05, 0.1) is 4.91 Å².